The summed E-state index contributed by atoms with van der Waals surface area (Å²) < 4.78 is 29.9. The molecule has 2 bridgehead atoms. The van der Waals surface area contributed by atoms with Gasteiger partial charge in [0.2, 0.25) is 5.91 Å². The van der Waals surface area contributed by atoms with Crippen LogP contribution >= 0.6 is 11.6 Å². The average molecular weight is 596 g/mol. The number of hydrogen-bond donors (Lipinski definition) is 1. The summed E-state index contributed by atoms with van der Waals surface area (Å²) in [6, 6.07) is 23.3. The van der Waals surface area contributed by atoms with Gasteiger partial charge in [-0.25, -0.2) is 8.78 Å². The lowest BCUT2D eigenvalue weighted by Gasteiger charge is -2.20. The Bertz CT molecular complexity index is 1810. The second-order valence-corrected chi connectivity index (χ2v) is 11.2. The van der Waals surface area contributed by atoms with Gasteiger partial charge in [0.15, 0.2) is 17.7 Å². The minimum Gasteiger partial charge on any atom is -0.618 e. The molecule has 1 amide bonds. The summed E-state index contributed by atoms with van der Waals surface area (Å²) in [4.78, 5) is 17.2. The van der Waals surface area contributed by atoms with E-state index in [4.69, 9.17) is 11.6 Å². The Hall–Kier alpha value is -4.62. The van der Waals surface area contributed by atoms with E-state index in [-0.39, 0.29) is 28.0 Å². The van der Waals surface area contributed by atoms with Crippen LogP contribution in [0, 0.1) is 16.8 Å². The Balaban J connectivity index is 1.39. The van der Waals surface area contributed by atoms with Crippen LogP contribution in [-0.4, -0.2) is 10.9 Å². The zero-order valence-corrected chi connectivity index (χ0v) is 24.0. The normalized spacial score (nSPS) is 15.1. The maximum Gasteiger partial charge on any atom is 0.224 e. The van der Waals surface area contributed by atoms with Crippen LogP contribution in [0.1, 0.15) is 54.0 Å². The van der Waals surface area contributed by atoms with Crippen LogP contribution in [0.5, 0.6) is 0 Å². The summed E-state index contributed by atoms with van der Waals surface area (Å²) >= 11 is 5.89. The molecule has 2 aromatic heterocycles. The number of aromatic nitrogens is 2. The fraction of sp³-hybridized carbons (Fsp3) is 0.171. The SMILES string of the molecule is O=C1CCCC[C@H](c2ccc(-c3c(F)ccc(Cl)c3F)c[n+]2[O-])c2cccc(c2)-c2ccc(Cc3cccnc3)cc2N1. The lowest BCUT2D eigenvalue weighted by Crippen LogP contribution is -2.33. The largest absolute Gasteiger partial charge is 0.618 e. The Morgan fingerprint density at radius 3 is 2.65 bits per heavy atom. The highest BCUT2D eigenvalue weighted by atomic mass is 35.5. The van der Waals surface area contributed by atoms with Gasteiger partial charge in [-0.05, 0) is 71.8 Å². The van der Waals surface area contributed by atoms with E-state index >= 15 is 0 Å². The standard InChI is InChI=1S/C35H28ClF2N3O2/c36-29-13-14-30(37)34(35(29)38)26-11-15-32(41(43)21-26)28-8-1-2-9-33(42)40-31-18-22(17-23-5-4-16-39-20-23)10-12-27(31)24-6-3-7-25(28)19-24/h3-7,10-16,18-21,28H,1-2,8-9,17H2,(H,40,42)/t28-/m0/s1. The molecule has 0 radical (unpaired) electrons. The Morgan fingerprint density at radius 2 is 1.84 bits per heavy atom. The van der Waals surface area contributed by atoms with Crippen LogP contribution in [0.3, 0.4) is 0 Å². The van der Waals surface area contributed by atoms with Crippen molar-refractivity contribution in [2.75, 3.05) is 5.32 Å². The van der Waals surface area contributed by atoms with Crippen LogP contribution in [0.15, 0.2) is 97.5 Å². The van der Waals surface area contributed by atoms with E-state index in [0.29, 0.717) is 42.5 Å². The molecule has 0 saturated heterocycles. The van der Waals surface area contributed by atoms with Crippen molar-refractivity contribution in [1.82, 2.24) is 4.98 Å². The zero-order chi connectivity index (χ0) is 29.9. The van der Waals surface area contributed by atoms with Gasteiger partial charge in [-0.1, -0.05) is 60.5 Å². The van der Waals surface area contributed by atoms with Gasteiger partial charge in [0, 0.05) is 36.1 Å². The van der Waals surface area contributed by atoms with Gasteiger partial charge in [0.05, 0.1) is 22.1 Å². The molecule has 0 saturated carbocycles. The number of pyridine rings is 2. The summed E-state index contributed by atoms with van der Waals surface area (Å²) in [6.07, 6.45) is 7.76. The zero-order valence-electron chi connectivity index (χ0n) is 23.2. The Kier molecular flexibility index (Phi) is 8.16. The number of halogens is 3. The van der Waals surface area contributed by atoms with Crippen LogP contribution in [-0.2, 0) is 11.2 Å². The molecule has 3 aromatic carbocycles. The molecule has 1 N–H and O–H groups in total. The fourth-order valence-electron chi connectivity index (χ4n) is 5.75. The van der Waals surface area contributed by atoms with Crippen molar-refractivity contribution in [3.63, 3.8) is 0 Å². The molecule has 1 aliphatic rings. The quantitative estimate of drug-likeness (QED) is 0.129. The van der Waals surface area contributed by atoms with Crippen molar-refractivity contribution in [3.8, 4) is 22.3 Å². The minimum atomic E-state index is -0.909. The first-order chi connectivity index (χ1) is 20.9. The van der Waals surface area contributed by atoms with E-state index in [2.05, 4.69) is 10.3 Å². The van der Waals surface area contributed by atoms with Gasteiger partial charge in [0.1, 0.15) is 5.82 Å². The smallest absolute Gasteiger partial charge is 0.224 e. The summed E-state index contributed by atoms with van der Waals surface area (Å²) in [6.45, 7) is 0. The highest BCUT2D eigenvalue weighted by Gasteiger charge is 2.25. The van der Waals surface area contributed by atoms with Gasteiger partial charge in [-0.15, -0.1) is 0 Å². The molecule has 0 fully saturated rings. The second kappa shape index (κ2) is 12.3. The van der Waals surface area contributed by atoms with Crippen LogP contribution in [0.2, 0.25) is 5.02 Å². The lowest BCUT2D eigenvalue weighted by atomic mass is 9.87. The van der Waals surface area contributed by atoms with Crippen molar-refractivity contribution in [1.29, 1.82) is 0 Å². The van der Waals surface area contributed by atoms with E-state index in [0.717, 1.165) is 45.6 Å². The van der Waals surface area contributed by atoms with E-state index in [1.54, 1.807) is 18.3 Å². The summed E-state index contributed by atoms with van der Waals surface area (Å²) in [5.41, 5.74) is 5.79. The number of nitrogens with one attached hydrogen (secondary N) is 1. The first kappa shape index (κ1) is 28.5. The van der Waals surface area contributed by atoms with Gasteiger partial charge < -0.3 is 10.5 Å². The first-order valence-electron chi connectivity index (χ1n) is 14.2. The van der Waals surface area contributed by atoms with Crippen molar-refractivity contribution in [3.05, 3.63) is 142 Å². The minimum absolute atomic E-state index is 0.0677. The van der Waals surface area contributed by atoms with Gasteiger partial charge in [-0.3, -0.25) is 9.78 Å². The van der Waals surface area contributed by atoms with Crippen LogP contribution in [0.25, 0.3) is 22.3 Å². The molecule has 0 spiro atoms. The third-order valence-electron chi connectivity index (χ3n) is 7.87. The highest BCUT2D eigenvalue weighted by Crippen LogP contribution is 2.36. The number of benzene rings is 3. The van der Waals surface area contributed by atoms with Crippen molar-refractivity contribution >= 4 is 23.2 Å². The number of anilines is 1. The molecule has 1 aliphatic heterocycles. The van der Waals surface area contributed by atoms with E-state index in [1.165, 1.54) is 6.20 Å². The lowest BCUT2D eigenvalue weighted by molar-refractivity contribution is -0.614. The second-order valence-electron chi connectivity index (χ2n) is 10.8. The molecular formula is C35H28ClF2N3O2. The third-order valence-corrected chi connectivity index (χ3v) is 8.16. The number of carbonyl (C=O) groups is 1. The average Bonchev–Trinajstić information content (AvgIpc) is 3.00. The van der Waals surface area contributed by atoms with Gasteiger partial charge >= 0.3 is 0 Å². The summed E-state index contributed by atoms with van der Waals surface area (Å²) in [5, 5.41) is 16.3. The van der Waals surface area contributed by atoms with E-state index in [1.807, 2.05) is 60.8 Å². The van der Waals surface area contributed by atoms with Gasteiger partial charge in [-0.2, -0.15) is 4.73 Å². The number of amides is 1. The van der Waals surface area contributed by atoms with E-state index in [9.17, 15) is 18.8 Å². The molecule has 1 atom stereocenters. The Labute approximate surface area is 253 Å². The molecule has 0 unspecified atom stereocenters. The fourth-order valence-corrected chi connectivity index (χ4v) is 5.91. The van der Waals surface area contributed by atoms with E-state index < -0.39 is 11.6 Å². The molecule has 5 aromatic rings. The topological polar surface area (TPSA) is 68.9 Å². The first-order valence-corrected chi connectivity index (χ1v) is 14.5. The number of rotatable bonds is 4. The predicted octanol–water partition coefficient (Wildman–Crippen LogP) is 8.22. The molecule has 3 heterocycles. The number of fused-ring (bicyclic) bond motifs is 4. The molecule has 0 aliphatic carbocycles. The molecular weight excluding hydrogens is 568 g/mol. The monoisotopic (exact) mass is 595 g/mol. The van der Waals surface area contributed by atoms with Crippen molar-refractivity contribution in [2.24, 2.45) is 0 Å². The Morgan fingerprint density at radius 1 is 0.953 bits per heavy atom. The highest BCUT2D eigenvalue weighted by molar-refractivity contribution is 6.31. The van der Waals surface area contributed by atoms with Crippen molar-refractivity contribution < 1.29 is 18.3 Å². The van der Waals surface area contributed by atoms with Crippen molar-refractivity contribution in [2.45, 2.75) is 38.0 Å². The van der Waals surface area contributed by atoms with Crippen LogP contribution < -0.4 is 10.0 Å². The molecule has 43 heavy (non-hydrogen) atoms. The maximum atomic E-state index is 14.7. The number of nitrogens with zero attached hydrogens (tertiary/aromatic N) is 2. The molecule has 5 nitrogen and oxygen atoms in total. The number of hydrogen-bond acceptors (Lipinski definition) is 3. The van der Waals surface area contributed by atoms with Gasteiger partial charge in [0.25, 0.3) is 0 Å². The number of carbonyl (C=O) groups excluding carboxylic acids is 1. The van der Waals surface area contributed by atoms with Crippen LogP contribution in [0.4, 0.5) is 14.5 Å². The predicted molar refractivity (Wildman–Crippen MR) is 164 cm³/mol. The molecule has 8 heteroatoms. The summed E-state index contributed by atoms with van der Waals surface area (Å²) in [5.74, 6) is -2.07. The molecule has 6 rings (SSSR count). The molecule has 216 valence electrons. The third kappa shape index (κ3) is 6.13. The summed E-state index contributed by atoms with van der Waals surface area (Å²) in [7, 11) is 0. The maximum absolute atomic E-state index is 14.7.